The normalized spacial score (nSPS) is 12.8. The van der Waals surface area contributed by atoms with Gasteiger partial charge in [-0.3, -0.25) is 4.90 Å². The van der Waals surface area contributed by atoms with Gasteiger partial charge in [0.2, 0.25) is 0 Å². The molecule has 0 aliphatic rings. The highest BCUT2D eigenvalue weighted by Gasteiger charge is 2.12. The number of aliphatic hydroxyl groups excluding tert-OH is 1. The quantitative estimate of drug-likeness (QED) is 0.810. The van der Waals surface area contributed by atoms with Crippen molar-refractivity contribution in [1.29, 1.82) is 0 Å². The molecule has 0 fully saturated rings. The highest BCUT2D eigenvalue weighted by Crippen LogP contribution is 2.17. The van der Waals surface area contributed by atoms with Gasteiger partial charge in [0.1, 0.15) is 5.76 Å². The summed E-state index contributed by atoms with van der Waals surface area (Å²) >= 11 is 0. The van der Waals surface area contributed by atoms with Crippen molar-refractivity contribution in [2.24, 2.45) is 0 Å². The molecule has 1 atom stereocenters. The third-order valence-electron chi connectivity index (χ3n) is 3.21. The Morgan fingerprint density at radius 3 is 2.53 bits per heavy atom. The zero-order valence-corrected chi connectivity index (χ0v) is 11.3. The number of hydrogen-bond acceptors (Lipinski definition) is 4. The van der Waals surface area contributed by atoms with Crippen molar-refractivity contribution in [2.45, 2.75) is 19.6 Å². The molecule has 0 spiro atoms. The molecule has 1 heterocycles. The highest BCUT2D eigenvalue weighted by atomic mass is 16.3. The zero-order valence-electron chi connectivity index (χ0n) is 11.3. The average molecular weight is 260 g/mol. The van der Waals surface area contributed by atoms with Gasteiger partial charge >= 0.3 is 0 Å². The van der Waals surface area contributed by atoms with Crippen LogP contribution in [0.4, 0.5) is 5.69 Å². The van der Waals surface area contributed by atoms with E-state index in [-0.39, 0.29) is 0 Å². The van der Waals surface area contributed by atoms with Gasteiger partial charge in [-0.15, -0.1) is 0 Å². The van der Waals surface area contributed by atoms with Crippen LogP contribution in [0.15, 0.2) is 41.0 Å². The lowest BCUT2D eigenvalue weighted by atomic mass is 10.1. The third-order valence-corrected chi connectivity index (χ3v) is 3.21. The fraction of sp³-hybridized carbons (Fsp3) is 0.333. The average Bonchev–Trinajstić information content (AvgIpc) is 2.75. The predicted octanol–water partition coefficient (Wildman–Crippen LogP) is 2.34. The van der Waals surface area contributed by atoms with Gasteiger partial charge in [0.25, 0.3) is 0 Å². The topological polar surface area (TPSA) is 62.6 Å². The van der Waals surface area contributed by atoms with E-state index < -0.39 is 6.10 Å². The number of nitrogens with zero attached hydrogens (tertiary/aromatic N) is 1. The van der Waals surface area contributed by atoms with E-state index >= 15 is 0 Å². The first kappa shape index (κ1) is 13.6. The summed E-state index contributed by atoms with van der Waals surface area (Å²) in [7, 11) is 1.98. The number of furan rings is 1. The fourth-order valence-corrected chi connectivity index (χ4v) is 2.05. The van der Waals surface area contributed by atoms with E-state index in [0.717, 1.165) is 23.4 Å². The minimum Gasteiger partial charge on any atom is -0.469 e. The Morgan fingerprint density at radius 2 is 1.95 bits per heavy atom. The van der Waals surface area contributed by atoms with Crippen molar-refractivity contribution >= 4 is 5.69 Å². The Labute approximate surface area is 113 Å². The molecule has 0 saturated carbocycles. The van der Waals surface area contributed by atoms with E-state index in [2.05, 4.69) is 4.90 Å². The second-order valence-electron chi connectivity index (χ2n) is 4.88. The molecule has 0 bridgehead atoms. The van der Waals surface area contributed by atoms with Crippen molar-refractivity contribution in [3.8, 4) is 0 Å². The second kappa shape index (κ2) is 5.91. The van der Waals surface area contributed by atoms with Gasteiger partial charge in [0, 0.05) is 24.3 Å². The number of rotatable bonds is 5. The third kappa shape index (κ3) is 3.59. The summed E-state index contributed by atoms with van der Waals surface area (Å²) in [5.41, 5.74) is 8.36. The molecule has 4 heteroatoms. The Balaban J connectivity index is 1.93. The van der Waals surface area contributed by atoms with Crippen molar-refractivity contribution in [2.75, 3.05) is 19.3 Å². The molecule has 0 aliphatic heterocycles. The van der Waals surface area contributed by atoms with Crippen LogP contribution in [0.3, 0.4) is 0 Å². The summed E-state index contributed by atoms with van der Waals surface area (Å²) in [6, 6.07) is 9.28. The van der Waals surface area contributed by atoms with Crippen LogP contribution < -0.4 is 5.73 Å². The first-order chi connectivity index (χ1) is 9.06. The van der Waals surface area contributed by atoms with Gasteiger partial charge in [0.05, 0.1) is 12.4 Å². The molecule has 2 rings (SSSR count). The maximum Gasteiger partial charge on any atom is 0.105 e. The summed E-state index contributed by atoms with van der Waals surface area (Å²) in [6.07, 6.45) is 1.17. The molecule has 102 valence electrons. The van der Waals surface area contributed by atoms with Gasteiger partial charge < -0.3 is 15.3 Å². The first-order valence-electron chi connectivity index (χ1n) is 6.31. The van der Waals surface area contributed by atoms with Crippen LogP contribution >= 0.6 is 0 Å². The van der Waals surface area contributed by atoms with E-state index in [1.165, 1.54) is 0 Å². The Bertz CT molecular complexity index is 519. The molecule has 1 aromatic heterocycles. The summed E-state index contributed by atoms with van der Waals surface area (Å²) in [4.78, 5) is 2.07. The highest BCUT2D eigenvalue weighted by molar-refractivity contribution is 5.39. The van der Waals surface area contributed by atoms with Gasteiger partial charge in [-0.05, 0) is 37.7 Å². The van der Waals surface area contributed by atoms with Gasteiger partial charge in [-0.25, -0.2) is 0 Å². The minimum atomic E-state index is -0.516. The summed E-state index contributed by atoms with van der Waals surface area (Å²) < 4.78 is 5.27. The number of benzene rings is 1. The zero-order chi connectivity index (χ0) is 13.8. The van der Waals surface area contributed by atoms with Crippen LogP contribution in [-0.4, -0.2) is 23.6 Å². The molecule has 1 unspecified atom stereocenters. The molecule has 0 saturated heterocycles. The van der Waals surface area contributed by atoms with Gasteiger partial charge in [-0.1, -0.05) is 12.1 Å². The monoisotopic (exact) mass is 260 g/mol. The first-order valence-corrected chi connectivity index (χ1v) is 6.31. The van der Waals surface area contributed by atoms with Crippen molar-refractivity contribution in [1.82, 2.24) is 4.90 Å². The van der Waals surface area contributed by atoms with Crippen molar-refractivity contribution in [3.63, 3.8) is 0 Å². The molecule has 3 N–H and O–H groups in total. The summed E-state index contributed by atoms with van der Waals surface area (Å²) in [6.45, 7) is 3.27. The lowest BCUT2D eigenvalue weighted by molar-refractivity contribution is 0.123. The number of nitrogen functional groups attached to an aromatic ring is 1. The lowest BCUT2D eigenvalue weighted by Crippen LogP contribution is -2.24. The minimum absolute atomic E-state index is 0.516. The van der Waals surface area contributed by atoms with E-state index in [0.29, 0.717) is 12.2 Å². The van der Waals surface area contributed by atoms with E-state index in [4.69, 9.17) is 10.2 Å². The lowest BCUT2D eigenvalue weighted by Gasteiger charge is -2.20. The van der Waals surface area contributed by atoms with E-state index in [1.807, 2.05) is 32.2 Å². The predicted molar refractivity (Wildman–Crippen MR) is 75.6 cm³/mol. The summed E-state index contributed by atoms with van der Waals surface area (Å²) in [5, 5.41) is 10.2. The molecule has 19 heavy (non-hydrogen) atoms. The number of likely N-dealkylation sites (N-methyl/N-ethyl adjacent to an activating group) is 1. The van der Waals surface area contributed by atoms with Crippen LogP contribution in [-0.2, 0) is 6.54 Å². The van der Waals surface area contributed by atoms with Crippen LogP contribution in [0.5, 0.6) is 0 Å². The van der Waals surface area contributed by atoms with E-state index in [9.17, 15) is 5.11 Å². The number of anilines is 1. The number of nitrogens with two attached hydrogens (primary N) is 1. The fourth-order valence-electron chi connectivity index (χ4n) is 2.05. The number of hydrogen-bond donors (Lipinski definition) is 2. The van der Waals surface area contributed by atoms with Crippen LogP contribution in [0, 0.1) is 6.92 Å². The Morgan fingerprint density at radius 1 is 1.26 bits per heavy atom. The van der Waals surface area contributed by atoms with Crippen molar-refractivity contribution in [3.05, 3.63) is 53.5 Å². The van der Waals surface area contributed by atoms with Crippen LogP contribution in [0.25, 0.3) is 0 Å². The maximum absolute atomic E-state index is 10.2. The summed E-state index contributed by atoms with van der Waals surface area (Å²) in [5.74, 6) is 0.925. The van der Waals surface area contributed by atoms with Gasteiger partial charge in [0.15, 0.2) is 0 Å². The molecule has 1 aromatic carbocycles. The standard InChI is InChI=1S/C15H20N2O2/c1-11-13(7-8-19-11)9-17(2)10-15(18)12-3-5-14(16)6-4-12/h3-8,15,18H,9-10,16H2,1-2H3. The number of aryl methyl sites for hydroxylation is 1. The molecular weight excluding hydrogens is 240 g/mol. The molecule has 0 radical (unpaired) electrons. The Kier molecular flexibility index (Phi) is 4.24. The largest absolute Gasteiger partial charge is 0.469 e. The smallest absolute Gasteiger partial charge is 0.105 e. The van der Waals surface area contributed by atoms with Crippen LogP contribution in [0.2, 0.25) is 0 Å². The maximum atomic E-state index is 10.2. The Hall–Kier alpha value is -1.78. The molecule has 0 aliphatic carbocycles. The number of aliphatic hydroxyl groups is 1. The molecule has 4 nitrogen and oxygen atoms in total. The van der Waals surface area contributed by atoms with Crippen LogP contribution in [0.1, 0.15) is 23.0 Å². The molecular formula is C15H20N2O2. The SMILES string of the molecule is Cc1occc1CN(C)CC(O)c1ccc(N)cc1. The van der Waals surface area contributed by atoms with Gasteiger partial charge in [-0.2, -0.15) is 0 Å². The molecule has 0 amide bonds. The van der Waals surface area contributed by atoms with Crippen molar-refractivity contribution < 1.29 is 9.52 Å². The second-order valence-corrected chi connectivity index (χ2v) is 4.88. The van der Waals surface area contributed by atoms with E-state index in [1.54, 1.807) is 18.4 Å². The molecule has 2 aromatic rings.